The van der Waals surface area contributed by atoms with Crippen LogP contribution in [0.3, 0.4) is 0 Å². The van der Waals surface area contributed by atoms with Crippen molar-refractivity contribution in [3.63, 3.8) is 0 Å². The topological polar surface area (TPSA) is 57.7 Å². The second kappa shape index (κ2) is 8.28. The van der Waals surface area contributed by atoms with E-state index in [2.05, 4.69) is 13.0 Å². The molecule has 2 aromatic carbocycles. The highest BCUT2D eigenvalue weighted by Gasteiger charge is 2.26. The van der Waals surface area contributed by atoms with Crippen LogP contribution in [0.15, 0.2) is 47.4 Å². The second-order valence-corrected chi connectivity index (χ2v) is 10.0. The van der Waals surface area contributed by atoms with E-state index in [1.54, 1.807) is 28.6 Å². The fourth-order valence-electron chi connectivity index (χ4n) is 4.29. The number of hydrogen-bond acceptors (Lipinski definition) is 3. The fourth-order valence-corrected chi connectivity index (χ4v) is 5.81. The van der Waals surface area contributed by atoms with Gasteiger partial charge < -0.3 is 4.90 Å². The number of sulfonamides is 1. The molecule has 2 aliphatic heterocycles. The van der Waals surface area contributed by atoms with Gasteiger partial charge in [0.25, 0.3) is 0 Å². The lowest BCUT2D eigenvalue weighted by molar-refractivity contribution is -0.118. The predicted octanol–water partition coefficient (Wildman–Crippen LogP) is 3.69. The normalized spacial score (nSPS) is 17.8. The number of carbonyl (C=O) groups is 1. The van der Waals surface area contributed by atoms with Crippen LogP contribution >= 0.6 is 0 Å². The molecule has 2 aromatic rings. The minimum Gasteiger partial charge on any atom is -0.312 e. The molecule has 0 saturated carbocycles. The van der Waals surface area contributed by atoms with E-state index in [0.29, 0.717) is 18.0 Å². The lowest BCUT2D eigenvalue weighted by atomic mass is 9.99. The Kier molecular flexibility index (Phi) is 5.74. The molecule has 0 radical (unpaired) electrons. The van der Waals surface area contributed by atoms with Gasteiger partial charge in [-0.3, -0.25) is 4.79 Å². The van der Waals surface area contributed by atoms with Crippen molar-refractivity contribution in [3.8, 4) is 0 Å². The molecule has 154 valence electrons. The Hall–Kier alpha value is -2.18. The van der Waals surface area contributed by atoms with Gasteiger partial charge in [-0.15, -0.1) is 0 Å². The molecule has 1 saturated heterocycles. The van der Waals surface area contributed by atoms with E-state index in [1.165, 1.54) is 11.1 Å². The van der Waals surface area contributed by atoms with Crippen LogP contribution in [0.4, 0.5) is 5.69 Å². The van der Waals surface area contributed by atoms with Gasteiger partial charge in [-0.25, -0.2) is 8.42 Å². The lowest BCUT2D eigenvalue weighted by Crippen LogP contribution is -2.36. The summed E-state index contributed by atoms with van der Waals surface area (Å²) in [4.78, 5) is 15.1. The standard InChI is InChI=1S/C23H28N2O3S/c1-18-7-12-22-20(16-18)6-5-15-25(22)23(26)17-19-8-10-21(11-9-19)29(27,28)24-13-3-2-4-14-24/h7-12,16H,2-6,13-15,17H2,1H3. The van der Waals surface area contributed by atoms with Gasteiger partial charge in [-0.2, -0.15) is 4.31 Å². The fraction of sp³-hybridized carbons (Fsp3) is 0.435. The molecule has 2 heterocycles. The van der Waals surface area contributed by atoms with E-state index in [1.807, 2.05) is 17.0 Å². The van der Waals surface area contributed by atoms with Crippen LogP contribution in [0.5, 0.6) is 0 Å². The predicted molar refractivity (Wildman–Crippen MR) is 115 cm³/mol. The lowest BCUT2D eigenvalue weighted by Gasteiger charge is -2.30. The van der Waals surface area contributed by atoms with E-state index in [9.17, 15) is 13.2 Å². The summed E-state index contributed by atoms with van der Waals surface area (Å²) in [7, 11) is -3.43. The van der Waals surface area contributed by atoms with Crippen molar-refractivity contribution in [3.05, 3.63) is 59.2 Å². The van der Waals surface area contributed by atoms with Crippen LogP contribution in [0.2, 0.25) is 0 Å². The molecular formula is C23H28N2O3S. The van der Waals surface area contributed by atoms with Gasteiger partial charge in [-0.05, 0) is 61.9 Å². The quantitative estimate of drug-likeness (QED) is 0.770. The molecule has 0 aliphatic carbocycles. The van der Waals surface area contributed by atoms with Crippen molar-refractivity contribution >= 4 is 21.6 Å². The molecule has 1 fully saturated rings. The zero-order valence-corrected chi connectivity index (χ0v) is 17.7. The van der Waals surface area contributed by atoms with Gasteiger partial charge in [0.05, 0.1) is 11.3 Å². The van der Waals surface area contributed by atoms with Crippen molar-refractivity contribution < 1.29 is 13.2 Å². The van der Waals surface area contributed by atoms with Gasteiger partial charge in [0, 0.05) is 25.3 Å². The average Bonchev–Trinajstić information content (AvgIpc) is 2.74. The van der Waals surface area contributed by atoms with E-state index < -0.39 is 10.0 Å². The number of nitrogens with zero attached hydrogens (tertiary/aromatic N) is 2. The van der Waals surface area contributed by atoms with Crippen LogP contribution in [0.25, 0.3) is 0 Å². The summed E-state index contributed by atoms with van der Waals surface area (Å²) in [6.45, 7) is 3.99. The summed E-state index contributed by atoms with van der Waals surface area (Å²) in [5.74, 6) is 0.0569. The molecule has 5 nitrogen and oxygen atoms in total. The molecule has 6 heteroatoms. The molecule has 1 amide bonds. The smallest absolute Gasteiger partial charge is 0.243 e. The second-order valence-electron chi connectivity index (χ2n) is 8.07. The van der Waals surface area contributed by atoms with E-state index in [0.717, 1.165) is 49.9 Å². The number of anilines is 1. The zero-order valence-electron chi connectivity index (χ0n) is 16.9. The SMILES string of the molecule is Cc1ccc2c(c1)CCCN2C(=O)Cc1ccc(S(=O)(=O)N2CCCCC2)cc1. The monoisotopic (exact) mass is 412 g/mol. The molecule has 0 spiro atoms. The van der Waals surface area contributed by atoms with Gasteiger partial charge >= 0.3 is 0 Å². The summed E-state index contributed by atoms with van der Waals surface area (Å²) in [6.07, 6.45) is 5.17. The van der Waals surface area contributed by atoms with Gasteiger partial charge in [0.2, 0.25) is 15.9 Å². The third-order valence-corrected chi connectivity index (χ3v) is 7.80. The molecule has 0 aromatic heterocycles. The number of fused-ring (bicyclic) bond motifs is 1. The first-order chi connectivity index (χ1) is 13.9. The van der Waals surface area contributed by atoms with Crippen molar-refractivity contribution in [1.82, 2.24) is 4.31 Å². The Morgan fingerprint density at radius 2 is 1.66 bits per heavy atom. The molecule has 0 atom stereocenters. The Morgan fingerprint density at radius 1 is 0.931 bits per heavy atom. The Bertz CT molecular complexity index is 993. The number of amides is 1. The number of aryl methyl sites for hydroxylation is 2. The number of carbonyl (C=O) groups excluding carboxylic acids is 1. The van der Waals surface area contributed by atoms with Crippen LogP contribution in [0, 0.1) is 6.92 Å². The first kappa shape index (κ1) is 20.1. The molecular weight excluding hydrogens is 384 g/mol. The summed E-state index contributed by atoms with van der Waals surface area (Å²) in [5.41, 5.74) is 4.29. The highest BCUT2D eigenvalue weighted by molar-refractivity contribution is 7.89. The maximum absolute atomic E-state index is 12.9. The van der Waals surface area contributed by atoms with Crippen molar-refractivity contribution in [2.45, 2.75) is 50.3 Å². The minimum absolute atomic E-state index is 0.0569. The average molecular weight is 413 g/mol. The van der Waals surface area contributed by atoms with Crippen LogP contribution < -0.4 is 4.90 Å². The minimum atomic E-state index is -3.43. The van der Waals surface area contributed by atoms with Crippen molar-refractivity contribution in [2.75, 3.05) is 24.5 Å². The number of benzene rings is 2. The van der Waals surface area contributed by atoms with E-state index >= 15 is 0 Å². The third-order valence-electron chi connectivity index (χ3n) is 5.89. The number of rotatable bonds is 4. The first-order valence-corrected chi connectivity index (χ1v) is 11.9. The Labute approximate surface area is 173 Å². The summed E-state index contributed by atoms with van der Waals surface area (Å²) >= 11 is 0. The largest absolute Gasteiger partial charge is 0.312 e. The highest BCUT2D eigenvalue weighted by atomic mass is 32.2. The van der Waals surface area contributed by atoms with Crippen molar-refractivity contribution in [2.24, 2.45) is 0 Å². The third kappa shape index (κ3) is 4.23. The Morgan fingerprint density at radius 3 is 2.38 bits per heavy atom. The number of piperidine rings is 1. The highest BCUT2D eigenvalue weighted by Crippen LogP contribution is 2.29. The molecule has 4 rings (SSSR count). The van der Waals surface area contributed by atoms with Gasteiger partial charge in [0.15, 0.2) is 0 Å². The number of hydrogen-bond donors (Lipinski definition) is 0. The molecule has 0 N–H and O–H groups in total. The van der Waals surface area contributed by atoms with E-state index in [-0.39, 0.29) is 12.3 Å². The van der Waals surface area contributed by atoms with Gasteiger partial charge in [-0.1, -0.05) is 36.2 Å². The maximum Gasteiger partial charge on any atom is 0.243 e. The summed E-state index contributed by atoms with van der Waals surface area (Å²) < 4.78 is 27.1. The van der Waals surface area contributed by atoms with Crippen LogP contribution in [-0.2, 0) is 27.7 Å². The van der Waals surface area contributed by atoms with E-state index in [4.69, 9.17) is 0 Å². The molecule has 0 bridgehead atoms. The van der Waals surface area contributed by atoms with Gasteiger partial charge in [0.1, 0.15) is 0 Å². The summed E-state index contributed by atoms with van der Waals surface area (Å²) in [6, 6.07) is 13.1. The van der Waals surface area contributed by atoms with Crippen LogP contribution in [-0.4, -0.2) is 38.3 Å². The Balaban J connectivity index is 1.48. The van der Waals surface area contributed by atoms with Crippen LogP contribution in [0.1, 0.15) is 42.4 Å². The van der Waals surface area contributed by atoms with Crippen molar-refractivity contribution in [1.29, 1.82) is 0 Å². The molecule has 0 unspecified atom stereocenters. The first-order valence-electron chi connectivity index (χ1n) is 10.4. The summed E-state index contributed by atoms with van der Waals surface area (Å²) in [5, 5.41) is 0. The molecule has 2 aliphatic rings. The zero-order chi connectivity index (χ0) is 20.4. The maximum atomic E-state index is 12.9. The molecule has 29 heavy (non-hydrogen) atoms.